The molecule has 1 N–H and O–H groups in total. The largest absolute Gasteiger partial charge is 0.492 e. The fraction of sp³-hybridized carbons (Fsp3) is 0.200. The number of nitrogens with zero attached hydrogens (tertiary/aromatic N) is 2. The maximum Gasteiger partial charge on any atom is 0.266 e. The van der Waals surface area contributed by atoms with Gasteiger partial charge in [0.25, 0.3) is 5.56 Å². The van der Waals surface area contributed by atoms with Crippen LogP contribution in [-0.4, -0.2) is 28.1 Å². The van der Waals surface area contributed by atoms with Crippen molar-refractivity contribution < 1.29 is 9.84 Å². The van der Waals surface area contributed by atoms with Crippen molar-refractivity contribution in [1.82, 2.24) is 9.78 Å². The highest BCUT2D eigenvalue weighted by atomic mass is 16.5. The second-order valence-corrected chi connectivity index (χ2v) is 3.92. The van der Waals surface area contributed by atoms with Crippen molar-refractivity contribution in [3.05, 3.63) is 58.5 Å². The van der Waals surface area contributed by atoms with Crippen molar-refractivity contribution in [1.29, 1.82) is 0 Å². The topological polar surface area (TPSA) is 64.4 Å². The lowest BCUT2D eigenvalue weighted by atomic mass is 10.2. The molecule has 0 fully saturated rings. The van der Waals surface area contributed by atoms with Gasteiger partial charge >= 0.3 is 0 Å². The van der Waals surface area contributed by atoms with E-state index in [0.717, 1.165) is 5.56 Å². The lowest BCUT2D eigenvalue weighted by molar-refractivity contribution is 0.288. The highest BCUT2D eigenvalue weighted by Gasteiger charge is 1.97. The summed E-state index contributed by atoms with van der Waals surface area (Å²) >= 11 is 0. The standard InChI is InChI=1S/C15H14N2O3/c18-11-2-3-13-5-7-14(8-6-13)20-12-10-17-15(19)4-1-9-16-17/h1,4-9,18H,10-12H2. The minimum atomic E-state index is -0.156. The summed E-state index contributed by atoms with van der Waals surface area (Å²) in [4.78, 5) is 11.4. The number of hydrogen-bond donors (Lipinski definition) is 1. The highest BCUT2D eigenvalue weighted by molar-refractivity contribution is 5.38. The van der Waals surface area contributed by atoms with E-state index in [1.807, 2.05) is 12.1 Å². The van der Waals surface area contributed by atoms with Crippen molar-refractivity contribution in [2.24, 2.45) is 0 Å². The average Bonchev–Trinajstić information content (AvgIpc) is 2.48. The number of benzene rings is 1. The Morgan fingerprint density at radius 3 is 2.75 bits per heavy atom. The van der Waals surface area contributed by atoms with Crippen LogP contribution in [-0.2, 0) is 6.54 Å². The molecule has 2 aromatic rings. The lowest BCUT2D eigenvalue weighted by Crippen LogP contribution is -2.24. The van der Waals surface area contributed by atoms with Gasteiger partial charge in [0, 0.05) is 17.8 Å². The Balaban J connectivity index is 1.88. The Kier molecular flexibility index (Phi) is 4.93. The molecule has 2 rings (SSSR count). The zero-order valence-electron chi connectivity index (χ0n) is 10.8. The Bertz CT molecular complexity index is 666. The van der Waals surface area contributed by atoms with Crippen molar-refractivity contribution >= 4 is 0 Å². The molecule has 0 amide bonds. The van der Waals surface area contributed by atoms with Crippen LogP contribution in [0.25, 0.3) is 0 Å². The second kappa shape index (κ2) is 7.12. The van der Waals surface area contributed by atoms with E-state index in [0.29, 0.717) is 18.9 Å². The third-order valence-electron chi connectivity index (χ3n) is 2.52. The Labute approximate surface area is 116 Å². The van der Waals surface area contributed by atoms with Crippen LogP contribution in [0.3, 0.4) is 0 Å². The Hall–Kier alpha value is -2.58. The maximum absolute atomic E-state index is 11.4. The van der Waals surface area contributed by atoms with Crippen LogP contribution in [0.2, 0.25) is 0 Å². The normalized spacial score (nSPS) is 9.65. The van der Waals surface area contributed by atoms with E-state index in [2.05, 4.69) is 16.9 Å². The summed E-state index contributed by atoms with van der Waals surface area (Å²) < 4.78 is 6.88. The van der Waals surface area contributed by atoms with E-state index < -0.39 is 0 Å². The molecular formula is C15H14N2O3. The quantitative estimate of drug-likeness (QED) is 0.829. The van der Waals surface area contributed by atoms with Crippen LogP contribution in [0.1, 0.15) is 5.56 Å². The number of aliphatic hydroxyl groups is 1. The molecule has 0 atom stereocenters. The minimum absolute atomic E-state index is 0.147. The summed E-state index contributed by atoms with van der Waals surface area (Å²) in [6.07, 6.45) is 1.57. The zero-order valence-corrected chi connectivity index (χ0v) is 10.8. The molecule has 0 saturated carbocycles. The molecular weight excluding hydrogens is 256 g/mol. The first kappa shape index (κ1) is 13.8. The third-order valence-corrected chi connectivity index (χ3v) is 2.52. The van der Waals surface area contributed by atoms with E-state index in [-0.39, 0.29) is 12.2 Å². The Morgan fingerprint density at radius 2 is 2.05 bits per heavy atom. The minimum Gasteiger partial charge on any atom is -0.492 e. The smallest absolute Gasteiger partial charge is 0.266 e. The van der Waals surface area contributed by atoms with E-state index in [4.69, 9.17) is 9.84 Å². The van der Waals surface area contributed by atoms with Gasteiger partial charge in [-0.15, -0.1) is 0 Å². The van der Waals surface area contributed by atoms with Gasteiger partial charge in [-0.1, -0.05) is 11.8 Å². The van der Waals surface area contributed by atoms with Crippen molar-refractivity contribution in [2.75, 3.05) is 13.2 Å². The average molecular weight is 270 g/mol. The van der Waals surface area contributed by atoms with E-state index >= 15 is 0 Å². The monoisotopic (exact) mass is 270 g/mol. The van der Waals surface area contributed by atoms with Crippen LogP contribution in [0.5, 0.6) is 5.75 Å². The zero-order chi connectivity index (χ0) is 14.2. The number of rotatable bonds is 4. The molecule has 0 bridgehead atoms. The van der Waals surface area contributed by atoms with E-state index in [9.17, 15) is 4.79 Å². The summed E-state index contributed by atoms with van der Waals surface area (Å²) in [5.74, 6) is 6.07. The van der Waals surface area contributed by atoms with Crippen LogP contribution >= 0.6 is 0 Å². The molecule has 0 aliphatic rings. The molecule has 0 saturated heterocycles. The highest BCUT2D eigenvalue weighted by Crippen LogP contribution is 2.11. The lowest BCUT2D eigenvalue weighted by Gasteiger charge is -2.07. The maximum atomic E-state index is 11.4. The van der Waals surface area contributed by atoms with Gasteiger partial charge in [-0.05, 0) is 30.3 Å². The number of ether oxygens (including phenoxy) is 1. The SMILES string of the molecule is O=c1cccnn1CCOc1ccc(C#CCO)cc1. The molecule has 1 aromatic carbocycles. The first-order chi connectivity index (χ1) is 9.79. The second-order valence-electron chi connectivity index (χ2n) is 3.92. The van der Waals surface area contributed by atoms with Crippen LogP contribution in [0.4, 0.5) is 0 Å². The van der Waals surface area contributed by atoms with E-state index in [1.165, 1.54) is 10.7 Å². The molecule has 102 valence electrons. The van der Waals surface area contributed by atoms with Crippen LogP contribution < -0.4 is 10.3 Å². The molecule has 1 aromatic heterocycles. The third kappa shape index (κ3) is 3.97. The predicted octanol–water partition coefficient (Wildman–Crippen LogP) is 0.666. The summed E-state index contributed by atoms with van der Waals surface area (Å²) in [5, 5.41) is 12.5. The van der Waals surface area contributed by atoms with Crippen LogP contribution in [0, 0.1) is 11.8 Å². The molecule has 20 heavy (non-hydrogen) atoms. The van der Waals surface area contributed by atoms with Gasteiger partial charge in [-0.25, -0.2) is 4.68 Å². The van der Waals surface area contributed by atoms with Gasteiger partial charge in [0.2, 0.25) is 0 Å². The van der Waals surface area contributed by atoms with Gasteiger partial charge < -0.3 is 9.84 Å². The molecule has 0 aliphatic heterocycles. The van der Waals surface area contributed by atoms with Gasteiger partial charge in [0.1, 0.15) is 19.0 Å². The van der Waals surface area contributed by atoms with Gasteiger partial charge in [0.05, 0.1) is 6.54 Å². The van der Waals surface area contributed by atoms with E-state index in [1.54, 1.807) is 24.4 Å². The van der Waals surface area contributed by atoms with Crippen LogP contribution in [0.15, 0.2) is 47.4 Å². The predicted molar refractivity (Wildman–Crippen MR) is 74.4 cm³/mol. The molecule has 0 unspecified atom stereocenters. The first-order valence-corrected chi connectivity index (χ1v) is 6.14. The Morgan fingerprint density at radius 1 is 1.25 bits per heavy atom. The van der Waals surface area contributed by atoms with Crippen molar-refractivity contribution in [3.63, 3.8) is 0 Å². The summed E-state index contributed by atoms with van der Waals surface area (Å²) in [7, 11) is 0. The van der Waals surface area contributed by atoms with Crippen molar-refractivity contribution in [2.45, 2.75) is 6.54 Å². The summed E-state index contributed by atoms with van der Waals surface area (Å²) in [6.45, 7) is 0.599. The molecule has 0 spiro atoms. The number of hydrogen-bond acceptors (Lipinski definition) is 4. The molecule has 5 nitrogen and oxygen atoms in total. The van der Waals surface area contributed by atoms with Gasteiger partial charge in [0.15, 0.2) is 0 Å². The van der Waals surface area contributed by atoms with Gasteiger partial charge in [-0.3, -0.25) is 4.79 Å². The molecule has 1 heterocycles. The first-order valence-electron chi connectivity index (χ1n) is 6.14. The number of aromatic nitrogens is 2. The molecule has 0 aliphatic carbocycles. The fourth-order valence-electron chi connectivity index (χ4n) is 1.58. The van der Waals surface area contributed by atoms with Gasteiger partial charge in [-0.2, -0.15) is 5.10 Å². The summed E-state index contributed by atoms with van der Waals surface area (Å²) in [6, 6.07) is 10.3. The number of aliphatic hydroxyl groups excluding tert-OH is 1. The fourth-order valence-corrected chi connectivity index (χ4v) is 1.58. The summed E-state index contributed by atoms with van der Waals surface area (Å²) in [5.41, 5.74) is 0.665. The van der Waals surface area contributed by atoms with Crippen molar-refractivity contribution in [3.8, 4) is 17.6 Å². The molecule has 0 radical (unpaired) electrons. The molecule has 5 heteroatoms.